The van der Waals surface area contributed by atoms with Gasteiger partial charge in [-0.1, -0.05) is 91.0 Å². The molecule has 0 aliphatic heterocycles. The van der Waals surface area contributed by atoms with Crippen molar-refractivity contribution < 1.29 is 17.7 Å². The van der Waals surface area contributed by atoms with Gasteiger partial charge in [-0.3, -0.25) is 0 Å². The molecule has 0 saturated heterocycles. The van der Waals surface area contributed by atoms with E-state index in [-0.39, 0.29) is 6.04 Å². The summed E-state index contributed by atoms with van der Waals surface area (Å²) in [6, 6.07) is 62.7. The molecule has 0 fully saturated rings. The van der Waals surface area contributed by atoms with Crippen molar-refractivity contribution >= 4 is 126 Å². The fourth-order valence-electron chi connectivity index (χ4n) is 11.7. The normalized spacial score (nSPS) is 14.4. The van der Waals surface area contributed by atoms with E-state index in [0.29, 0.717) is 0 Å². The molecule has 6 aromatic heterocycles. The van der Waals surface area contributed by atoms with Crippen LogP contribution < -0.4 is 0 Å². The van der Waals surface area contributed by atoms with E-state index in [9.17, 15) is 0 Å². The van der Waals surface area contributed by atoms with Crippen LogP contribution in [0.3, 0.4) is 0 Å². The average molecular weight is 847 g/mol. The monoisotopic (exact) mass is 846 g/mol. The maximum absolute atomic E-state index is 6.62. The van der Waals surface area contributed by atoms with Crippen molar-refractivity contribution in [3.63, 3.8) is 0 Å². The highest BCUT2D eigenvalue weighted by Crippen LogP contribution is 2.46. The topological polar surface area (TPSA) is 62.4 Å². The van der Waals surface area contributed by atoms with Gasteiger partial charge in [-0.25, -0.2) is 0 Å². The Labute approximate surface area is 374 Å². The SMILES string of the molecule is C1=CC(n2c3ccccc3c3ccccc32)Cc2c1oc1ccc3oc4ccc(-c5ccc6oc7ccc8oc9ccc(-n%10c%11ccccc%11c%11ccccc%11%10)cc9c8c7c6c5)cc4c3c21. The van der Waals surface area contributed by atoms with Gasteiger partial charge in [0.25, 0.3) is 0 Å². The molecule has 6 nitrogen and oxygen atoms in total. The highest BCUT2D eigenvalue weighted by Gasteiger charge is 2.27. The highest BCUT2D eigenvalue weighted by atomic mass is 16.3. The van der Waals surface area contributed by atoms with Gasteiger partial charge in [0.1, 0.15) is 44.8 Å². The number of rotatable bonds is 3. The standard InChI is InChI=1S/C60H34N2O4/c1-5-13-45-37(9-1)38-10-2-6-14-46(38)61(45)35-19-23-51-43(31-35)59-55(65-51)27-25-53-57(59)41-29-33(17-21-49(41)63-53)34-18-22-50-42(30-34)58-54(64-50)26-28-56-60(58)44-32-36(20-24-52(44)66-56)62-47-15-7-3-11-39(47)40-12-4-8-16-48(40)62/h1-31,36H,32H2. The Hall–Kier alpha value is -8.74. The molecule has 0 radical (unpaired) electrons. The third kappa shape index (κ3) is 4.54. The summed E-state index contributed by atoms with van der Waals surface area (Å²) in [5.41, 5.74) is 15.2. The van der Waals surface area contributed by atoms with Gasteiger partial charge in [-0.2, -0.15) is 0 Å². The van der Waals surface area contributed by atoms with Crippen LogP contribution in [0.25, 0.3) is 143 Å². The molecule has 1 unspecified atom stereocenters. The molecular weight excluding hydrogens is 813 g/mol. The number of allylic oxidation sites excluding steroid dienone is 1. The van der Waals surface area contributed by atoms with Crippen molar-refractivity contribution in [3.05, 3.63) is 193 Å². The van der Waals surface area contributed by atoms with Crippen LogP contribution >= 0.6 is 0 Å². The van der Waals surface area contributed by atoms with Crippen LogP contribution in [0.2, 0.25) is 0 Å². The summed E-state index contributed by atoms with van der Waals surface area (Å²) < 4.78 is 31.3. The summed E-state index contributed by atoms with van der Waals surface area (Å²) in [5, 5.41) is 12.5. The third-order valence-electron chi connectivity index (χ3n) is 14.5. The molecule has 1 aliphatic carbocycles. The van der Waals surface area contributed by atoms with Crippen LogP contribution in [-0.2, 0) is 6.42 Å². The Bertz CT molecular complexity index is 4530. The molecule has 9 aromatic carbocycles. The fraction of sp³-hybridized carbons (Fsp3) is 0.0333. The van der Waals surface area contributed by atoms with E-state index in [1.807, 2.05) is 12.1 Å². The van der Waals surface area contributed by atoms with Gasteiger partial charge in [-0.15, -0.1) is 0 Å². The Morgan fingerprint density at radius 3 is 1.33 bits per heavy atom. The van der Waals surface area contributed by atoms with E-state index < -0.39 is 0 Å². The Morgan fingerprint density at radius 2 is 0.788 bits per heavy atom. The molecular formula is C60H34N2O4. The minimum Gasteiger partial charge on any atom is -0.456 e. The van der Waals surface area contributed by atoms with Gasteiger partial charge in [-0.05, 0) is 108 Å². The first-order valence-corrected chi connectivity index (χ1v) is 22.6. The van der Waals surface area contributed by atoms with E-state index in [2.05, 4.69) is 185 Å². The first-order valence-electron chi connectivity index (χ1n) is 22.6. The zero-order chi connectivity index (χ0) is 42.8. The Morgan fingerprint density at radius 1 is 0.364 bits per heavy atom. The van der Waals surface area contributed by atoms with Crippen LogP contribution in [0.1, 0.15) is 17.4 Å². The first kappa shape index (κ1) is 34.7. The highest BCUT2D eigenvalue weighted by molar-refractivity contribution is 6.27. The van der Waals surface area contributed by atoms with Crippen molar-refractivity contribution in [2.75, 3.05) is 0 Å². The number of hydrogen-bond acceptors (Lipinski definition) is 4. The second-order valence-electron chi connectivity index (χ2n) is 17.9. The van der Waals surface area contributed by atoms with Gasteiger partial charge in [0.15, 0.2) is 0 Å². The molecule has 0 N–H and O–H groups in total. The van der Waals surface area contributed by atoms with Crippen LogP contribution in [-0.4, -0.2) is 9.13 Å². The number of para-hydroxylation sites is 4. The van der Waals surface area contributed by atoms with Crippen molar-refractivity contribution in [3.8, 4) is 16.8 Å². The minimum absolute atomic E-state index is 0.114. The molecule has 1 atom stereocenters. The predicted octanol–water partition coefficient (Wildman–Crippen LogP) is 16.8. The number of furan rings is 4. The number of benzene rings is 9. The van der Waals surface area contributed by atoms with Gasteiger partial charge >= 0.3 is 0 Å². The summed E-state index contributed by atoms with van der Waals surface area (Å²) in [6.07, 6.45) is 5.27. The number of hydrogen-bond donors (Lipinski definition) is 0. The second-order valence-corrected chi connectivity index (χ2v) is 17.9. The molecule has 1 aliphatic rings. The number of aromatic nitrogens is 2. The smallest absolute Gasteiger partial charge is 0.136 e. The molecule has 0 saturated carbocycles. The summed E-state index contributed by atoms with van der Waals surface area (Å²) in [5.74, 6) is 0.914. The minimum atomic E-state index is 0.114. The number of nitrogens with zero attached hydrogens (tertiary/aromatic N) is 2. The summed E-state index contributed by atoms with van der Waals surface area (Å²) in [7, 11) is 0. The predicted molar refractivity (Wildman–Crippen MR) is 269 cm³/mol. The Kier molecular flexibility index (Phi) is 6.57. The fourth-order valence-corrected chi connectivity index (χ4v) is 11.7. The van der Waals surface area contributed by atoms with Crippen LogP contribution in [0.4, 0.5) is 0 Å². The van der Waals surface area contributed by atoms with Crippen LogP contribution in [0.15, 0.2) is 200 Å². The van der Waals surface area contributed by atoms with Crippen molar-refractivity contribution in [1.82, 2.24) is 9.13 Å². The lowest BCUT2D eigenvalue weighted by Gasteiger charge is -2.21. The quantitative estimate of drug-likeness (QED) is 0.178. The summed E-state index contributed by atoms with van der Waals surface area (Å²) in [4.78, 5) is 0. The average Bonchev–Trinajstić information content (AvgIpc) is 4.22. The molecule has 16 rings (SSSR count). The summed E-state index contributed by atoms with van der Waals surface area (Å²) in [6.45, 7) is 0. The molecule has 0 bridgehead atoms. The third-order valence-corrected chi connectivity index (χ3v) is 14.5. The molecule has 0 spiro atoms. The lowest BCUT2D eigenvalue weighted by Crippen LogP contribution is -2.12. The van der Waals surface area contributed by atoms with Gasteiger partial charge in [0.2, 0.25) is 0 Å². The molecule has 308 valence electrons. The van der Waals surface area contributed by atoms with Gasteiger partial charge < -0.3 is 26.8 Å². The molecule has 15 aromatic rings. The van der Waals surface area contributed by atoms with Crippen LogP contribution in [0, 0.1) is 0 Å². The molecule has 0 amide bonds. The van der Waals surface area contributed by atoms with Gasteiger partial charge in [0.05, 0.1) is 17.1 Å². The van der Waals surface area contributed by atoms with E-state index in [1.165, 1.54) is 49.2 Å². The Balaban J connectivity index is 0.861. The lowest BCUT2D eigenvalue weighted by molar-refractivity contribution is 0.572. The van der Waals surface area contributed by atoms with E-state index in [0.717, 1.165) is 106 Å². The van der Waals surface area contributed by atoms with E-state index in [4.69, 9.17) is 17.7 Å². The molecule has 6 heterocycles. The van der Waals surface area contributed by atoms with Gasteiger partial charge in [0, 0.05) is 88.0 Å². The maximum Gasteiger partial charge on any atom is 0.136 e. The van der Waals surface area contributed by atoms with Crippen LogP contribution in [0.5, 0.6) is 0 Å². The molecule has 66 heavy (non-hydrogen) atoms. The number of fused-ring (bicyclic) bond motifs is 20. The maximum atomic E-state index is 6.62. The second kappa shape index (κ2) is 12.5. The van der Waals surface area contributed by atoms with Crippen molar-refractivity contribution in [1.29, 1.82) is 0 Å². The van der Waals surface area contributed by atoms with Crippen molar-refractivity contribution in [2.45, 2.75) is 12.5 Å². The zero-order valence-corrected chi connectivity index (χ0v) is 35.2. The molecule has 6 heteroatoms. The van der Waals surface area contributed by atoms with E-state index >= 15 is 0 Å². The zero-order valence-electron chi connectivity index (χ0n) is 35.2. The largest absolute Gasteiger partial charge is 0.456 e. The van der Waals surface area contributed by atoms with E-state index in [1.54, 1.807) is 0 Å². The summed E-state index contributed by atoms with van der Waals surface area (Å²) >= 11 is 0. The first-order chi connectivity index (χ1) is 32.7. The lowest BCUT2D eigenvalue weighted by atomic mass is 9.94. The van der Waals surface area contributed by atoms with Crippen molar-refractivity contribution in [2.24, 2.45) is 0 Å².